The van der Waals surface area contributed by atoms with Gasteiger partial charge in [0.1, 0.15) is 5.82 Å². The molecule has 1 aromatic heterocycles. The van der Waals surface area contributed by atoms with Crippen molar-refractivity contribution in [1.29, 1.82) is 0 Å². The molecule has 1 amide bonds. The van der Waals surface area contributed by atoms with Crippen molar-refractivity contribution in [3.63, 3.8) is 0 Å². The van der Waals surface area contributed by atoms with Gasteiger partial charge in [0, 0.05) is 50.2 Å². The normalized spacial score (nSPS) is 20.8. The van der Waals surface area contributed by atoms with E-state index < -0.39 is 5.60 Å². The molecule has 1 N–H and O–H groups in total. The van der Waals surface area contributed by atoms with E-state index in [1.807, 2.05) is 30.5 Å². The molecule has 2 aliphatic rings. The minimum absolute atomic E-state index is 0.327. The minimum Gasteiger partial charge on any atom is -0.369 e. The molecule has 0 spiro atoms. The van der Waals surface area contributed by atoms with Crippen LogP contribution in [0.1, 0.15) is 18.4 Å². The molecule has 2 aromatic carbocycles. The van der Waals surface area contributed by atoms with Crippen molar-refractivity contribution >= 4 is 22.5 Å². The molecule has 0 radical (unpaired) electrons. The molecule has 0 aliphatic carbocycles. The van der Waals surface area contributed by atoms with Gasteiger partial charge >= 0.3 is 0 Å². The number of aliphatic hydroxyl groups is 1. The highest BCUT2D eigenvalue weighted by molar-refractivity contribution is 5.95. The highest BCUT2D eigenvalue weighted by atomic mass is 16.3. The first-order valence-electron chi connectivity index (χ1n) is 10.3. The highest BCUT2D eigenvalue weighted by Crippen LogP contribution is 2.32. The molecular weight excluding hydrogens is 374 g/mol. The zero-order chi connectivity index (χ0) is 20.7. The predicted molar refractivity (Wildman–Crippen MR) is 118 cm³/mol. The Hall–Kier alpha value is -3.36. The summed E-state index contributed by atoms with van der Waals surface area (Å²) in [5.74, 6) is 6.52. The lowest BCUT2D eigenvalue weighted by Gasteiger charge is -2.32. The number of carbonyl (C=O) groups is 1. The zero-order valence-corrected chi connectivity index (χ0v) is 16.9. The van der Waals surface area contributed by atoms with Crippen LogP contribution >= 0.6 is 0 Å². The number of hydrogen-bond donors (Lipinski definition) is 1. The standard InChI is InChI=1S/C25H23N3O2/c1-27-15-11-25(30,24(27)29)10-8-18-4-2-5-20(16-18)21-7-6-19-9-12-26-23(22(19)17-21)28-13-3-14-28/h2,4-7,9,12,16-17,30H,3,11,13-15H2,1H3/t25-/m0/s1. The lowest BCUT2D eigenvalue weighted by molar-refractivity contribution is -0.137. The van der Waals surface area contributed by atoms with Crippen molar-refractivity contribution in [1.82, 2.24) is 9.88 Å². The van der Waals surface area contributed by atoms with Crippen LogP contribution in [0.5, 0.6) is 0 Å². The van der Waals surface area contributed by atoms with E-state index in [9.17, 15) is 9.90 Å². The number of hydrogen-bond acceptors (Lipinski definition) is 4. The maximum Gasteiger partial charge on any atom is 0.267 e. The molecule has 3 aromatic rings. The molecule has 5 rings (SSSR count). The predicted octanol–water partition coefficient (Wildman–Crippen LogP) is 3.06. The Bertz CT molecular complexity index is 1210. The van der Waals surface area contributed by atoms with Crippen LogP contribution in [0.25, 0.3) is 21.9 Å². The highest BCUT2D eigenvalue weighted by Gasteiger charge is 2.42. The second-order valence-electron chi connectivity index (χ2n) is 8.08. The molecule has 0 bridgehead atoms. The Morgan fingerprint density at radius 1 is 1.07 bits per heavy atom. The van der Waals surface area contributed by atoms with E-state index in [0.717, 1.165) is 41.0 Å². The maximum absolute atomic E-state index is 12.1. The van der Waals surface area contributed by atoms with Crippen LogP contribution in [-0.2, 0) is 4.79 Å². The van der Waals surface area contributed by atoms with E-state index in [4.69, 9.17) is 0 Å². The Kier molecular flexibility index (Phi) is 4.45. The number of nitrogens with zero attached hydrogens (tertiary/aromatic N) is 3. The van der Waals surface area contributed by atoms with Gasteiger partial charge in [-0.15, -0.1) is 0 Å². The largest absolute Gasteiger partial charge is 0.369 e. The lowest BCUT2D eigenvalue weighted by atomic mass is 9.98. The Morgan fingerprint density at radius 3 is 2.63 bits per heavy atom. The van der Waals surface area contributed by atoms with Crippen molar-refractivity contribution < 1.29 is 9.90 Å². The number of carbonyl (C=O) groups excluding carboxylic acids is 1. The molecule has 2 aliphatic heterocycles. The van der Waals surface area contributed by atoms with Gasteiger partial charge in [0.15, 0.2) is 0 Å². The Labute approximate surface area is 176 Å². The van der Waals surface area contributed by atoms with Gasteiger partial charge < -0.3 is 14.9 Å². The maximum atomic E-state index is 12.1. The van der Waals surface area contributed by atoms with Gasteiger partial charge in [-0.3, -0.25) is 4.79 Å². The average molecular weight is 397 g/mol. The number of aromatic nitrogens is 1. The van der Waals surface area contributed by atoms with E-state index in [0.29, 0.717) is 13.0 Å². The molecule has 2 saturated heterocycles. The lowest BCUT2D eigenvalue weighted by Crippen LogP contribution is -2.37. The van der Waals surface area contributed by atoms with E-state index in [-0.39, 0.29) is 5.91 Å². The van der Waals surface area contributed by atoms with Crippen molar-refractivity contribution in [2.75, 3.05) is 31.6 Å². The van der Waals surface area contributed by atoms with E-state index in [1.165, 1.54) is 16.7 Å². The number of benzene rings is 2. The third kappa shape index (κ3) is 3.20. The molecule has 5 heteroatoms. The van der Waals surface area contributed by atoms with E-state index in [1.54, 1.807) is 7.05 Å². The van der Waals surface area contributed by atoms with Gasteiger partial charge in [0.2, 0.25) is 5.60 Å². The molecule has 0 unspecified atom stereocenters. The topological polar surface area (TPSA) is 56.7 Å². The Balaban J connectivity index is 1.50. The average Bonchev–Trinajstić information content (AvgIpc) is 2.99. The second kappa shape index (κ2) is 7.16. The first-order valence-corrected chi connectivity index (χ1v) is 10.3. The first-order chi connectivity index (χ1) is 14.5. The SMILES string of the molecule is CN1CC[C@@](O)(C#Cc2cccc(-c3ccc4ccnc(N5CCC5)c4c3)c2)C1=O. The van der Waals surface area contributed by atoms with E-state index >= 15 is 0 Å². The number of likely N-dealkylation sites (N-methyl/N-ethyl adjacent to an activating group) is 1. The molecule has 0 saturated carbocycles. The summed E-state index contributed by atoms with van der Waals surface area (Å²) in [4.78, 5) is 20.6. The van der Waals surface area contributed by atoms with Gasteiger partial charge in [-0.05, 0) is 47.2 Å². The monoisotopic (exact) mass is 397 g/mol. The fourth-order valence-corrected chi connectivity index (χ4v) is 4.03. The van der Waals surface area contributed by atoms with Gasteiger partial charge in [0.25, 0.3) is 5.91 Å². The summed E-state index contributed by atoms with van der Waals surface area (Å²) in [6.07, 6.45) is 3.42. The minimum atomic E-state index is -1.58. The molecular formula is C25H23N3O2. The number of rotatable bonds is 2. The fourth-order valence-electron chi connectivity index (χ4n) is 4.03. The van der Waals surface area contributed by atoms with Gasteiger partial charge in [0.05, 0.1) is 0 Å². The summed E-state index contributed by atoms with van der Waals surface area (Å²) in [5.41, 5.74) is 1.34. The summed E-state index contributed by atoms with van der Waals surface area (Å²) >= 11 is 0. The van der Waals surface area contributed by atoms with Gasteiger partial charge in [-0.2, -0.15) is 0 Å². The number of fused-ring (bicyclic) bond motifs is 1. The van der Waals surface area contributed by atoms with Gasteiger partial charge in [-0.1, -0.05) is 36.1 Å². The number of pyridine rings is 1. The quantitative estimate of drug-likeness (QED) is 0.676. The van der Waals surface area contributed by atoms with Crippen molar-refractivity contribution in [2.24, 2.45) is 0 Å². The van der Waals surface area contributed by atoms with Crippen LogP contribution in [-0.4, -0.2) is 53.2 Å². The first kappa shape index (κ1) is 18.7. The number of likely N-dealkylation sites (tertiary alicyclic amines) is 1. The summed E-state index contributed by atoms with van der Waals surface area (Å²) < 4.78 is 0. The number of amides is 1. The van der Waals surface area contributed by atoms with Crippen molar-refractivity contribution in [3.05, 3.63) is 60.3 Å². The zero-order valence-electron chi connectivity index (χ0n) is 16.9. The fraction of sp³-hybridized carbons (Fsp3) is 0.280. The van der Waals surface area contributed by atoms with Crippen LogP contribution in [0, 0.1) is 11.8 Å². The smallest absolute Gasteiger partial charge is 0.267 e. The van der Waals surface area contributed by atoms with Crippen molar-refractivity contribution in [2.45, 2.75) is 18.4 Å². The molecule has 2 fully saturated rings. The van der Waals surface area contributed by atoms with Crippen LogP contribution in [0.2, 0.25) is 0 Å². The summed E-state index contributed by atoms with van der Waals surface area (Å²) in [7, 11) is 1.69. The van der Waals surface area contributed by atoms with E-state index in [2.05, 4.69) is 46.0 Å². The molecule has 150 valence electrons. The second-order valence-corrected chi connectivity index (χ2v) is 8.08. The summed E-state index contributed by atoms with van der Waals surface area (Å²) in [5, 5.41) is 12.9. The molecule has 1 atom stereocenters. The van der Waals surface area contributed by atoms with Crippen LogP contribution in [0.15, 0.2) is 54.7 Å². The van der Waals surface area contributed by atoms with Gasteiger partial charge in [-0.25, -0.2) is 4.98 Å². The Morgan fingerprint density at radius 2 is 1.90 bits per heavy atom. The molecule has 5 nitrogen and oxygen atoms in total. The summed E-state index contributed by atoms with van der Waals surface area (Å²) in [6.45, 7) is 2.63. The summed E-state index contributed by atoms with van der Waals surface area (Å²) in [6, 6.07) is 16.4. The third-order valence-corrected chi connectivity index (χ3v) is 6.02. The van der Waals surface area contributed by atoms with Crippen molar-refractivity contribution in [3.8, 4) is 23.0 Å². The molecule has 3 heterocycles. The van der Waals surface area contributed by atoms with Crippen LogP contribution in [0.3, 0.4) is 0 Å². The van der Waals surface area contributed by atoms with Crippen LogP contribution in [0.4, 0.5) is 5.82 Å². The number of anilines is 1. The van der Waals surface area contributed by atoms with Crippen LogP contribution < -0.4 is 4.90 Å². The third-order valence-electron chi connectivity index (χ3n) is 6.02. The molecule has 30 heavy (non-hydrogen) atoms.